The van der Waals surface area contributed by atoms with E-state index in [1.54, 1.807) is 0 Å². The van der Waals surface area contributed by atoms with E-state index in [0.29, 0.717) is 6.42 Å². The summed E-state index contributed by atoms with van der Waals surface area (Å²) in [7, 11) is 0. The van der Waals surface area contributed by atoms with Gasteiger partial charge in [0.15, 0.2) is 5.92 Å². The van der Waals surface area contributed by atoms with E-state index in [4.69, 9.17) is 30.0 Å². The molecule has 0 amide bonds. The van der Waals surface area contributed by atoms with Crippen molar-refractivity contribution < 1.29 is 60.7 Å². The molecule has 2 rings (SSSR count). The minimum Gasteiger partial charge on any atom is -0.550 e. The third-order valence-electron chi connectivity index (χ3n) is 5.89. The van der Waals surface area contributed by atoms with Crippen molar-refractivity contribution in [2.45, 2.75) is 110 Å². The summed E-state index contributed by atoms with van der Waals surface area (Å²) >= 11 is 0. The molecule has 0 aromatic rings. The van der Waals surface area contributed by atoms with E-state index >= 15 is 0 Å². The van der Waals surface area contributed by atoms with Crippen LogP contribution in [0.2, 0.25) is 0 Å². The van der Waals surface area contributed by atoms with Gasteiger partial charge in [0.2, 0.25) is 0 Å². The Balaban J connectivity index is -0.000000468. The molecule has 10 nitrogen and oxygen atoms in total. The summed E-state index contributed by atoms with van der Waals surface area (Å²) in [5, 5.41) is 38.9. The molecule has 0 heterocycles. The number of carboxylic acids is 4. The maximum absolute atomic E-state index is 10.6. The molecule has 0 bridgehead atoms. The van der Waals surface area contributed by atoms with E-state index in [1.165, 1.54) is 51.4 Å². The molecule has 2 aliphatic carbocycles. The van der Waals surface area contributed by atoms with Crippen molar-refractivity contribution in [1.82, 2.24) is 10.2 Å². The zero-order valence-corrected chi connectivity index (χ0v) is 24.5. The normalized spacial score (nSPS) is 14.9. The molecule has 0 aliphatic heterocycles. The van der Waals surface area contributed by atoms with E-state index < -0.39 is 29.8 Å². The fourth-order valence-electron chi connectivity index (χ4n) is 4.09. The van der Waals surface area contributed by atoms with Gasteiger partial charge in [0.25, 0.3) is 0 Å². The zero-order chi connectivity index (χ0) is 27.2. The maximum Gasteiger partial charge on any atom is 2.00 e. The van der Waals surface area contributed by atoms with Crippen LogP contribution in [-0.2, 0) is 40.2 Å². The summed E-state index contributed by atoms with van der Waals surface area (Å²) in [6.07, 6.45) is 13.3. The van der Waals surface area contributed by atoms with Gasteiger partial charge >= 0.3 is 33.0 Å². The number of hydrogen-bond donors (Lipinski definition) is 3. The van der Waals surface area contributed by atoms with Gasteiger partial charge in [-0.05, 0) is 72.0 Å². The number of carbonyl (C=O) groups is 4. The summed E-state index contributed by atoms with van der Waals surface area (Å²) < 4.78 is 0. The number of carboxylic acid groups (broad SMARTS) is 4. The van der Waals surface area contributed by atoms with Crippen molar-refractivity contribution in [1.29, 1.82) is 0 Å². The van der Waals surface area contributed by atoms with Crippen molar-refractivity contribution in [3.05, 3.63) is 0 Å². The fraction of sp³-hybridized carbons (Fsp3) is 0.840. The number of unbranched alkanes of at least 4 members (excludes halogenated alkanes) is 1. The molecule has 0 saturated heterocycles. The van der Waals surface area contributed by atoms with Crippen molar-refractivity contribution in [2.75, 3.05) is 19.6 Å². The number of hydrogen-bond acceptors (Lipinski definition) is 8. The van der Waals surface area contributed by atoms with Crippen LogP contribution in [0.4, 0.5) is 0 Å². The molecule has 11 heteroatoms. The molecular formula is C25H46N2O8Pt. The minimum atomic E-state index is -1.25. The molecular weight excluding hydrogens is 651 g/mol. The summed E-state index contributed by atoms with van der Waals surface area (Å²) in [6, 6.07) is 1.77. The predicted octanol–water partition coefficient (Wildman–Crippen LogP) is 1.26. The van der Waals surface area contributed by atoms with Gasteiger partial charge in [0.1, 0.15) is 0 Å². The first kappa shape index (κ1) is 39.0. The Bertz CT molecular complexity index is 543. The van der Waals surface area contributed by atoms with Gasteiger partial charge in [-0.1, -0.05) is 46.0 Å². The fourth-order valence-corrected chi connectivity index (χ4v) is 4.09. The maximum atomic E-state index is 10.6. The summed E-state index contributed by atoms with van der Waals surface area (Å²) in [4.78, 5) is 41.2. The second-order valence-electron chi connectivity index (χ2n) is 8.86. The topological polar surface area (TPSA) is 170 Å². The number of nitrogens with zero attached hydrogens (tertiary/aromatic N) is 1. The molecule has 2 fully saturated rings. The predicted molar refractivity (Wildman–Crippen MR) is 129 cm³/mol. The van der Waals surface area contributed by atoms with E-state index in [2.05, 4.69) is 24.1 Å². The van der Waals surface area contributed by atoms with E-state index in [1.807, 2.05) is 0 Å². The van der Waals surface area contributed by atoms with Gasteiger partial charge in [-0.25, -0.2) is 0 Å². The zero-order valence-electron chi connectivity index (χ0n) is 22.2. The minimum absolute atomic E-state index is 0. The molecule has 0 spiro atoms. The molecule has 2 aliphatic rings. The van der Waals surface area contributed by atoms with Crippen LogP contribution in [0.5, 0.6) is 0 Å². The molecule has 3 N–H and O–H groups in total. The van der Waals surface area contributed by atoms with Gasteiger partial charge in [-0.2, -0.15) is 0 Å². The number of carbonyl (C=O) groups excluding carboxylic acids is 2. The molecule has 0 aromatic heterocycles. The molecule has 0 unspecified atom stereocenters. The van der Waals surface area contributed by atoms with Crippen molar-refractivity contribution in [3.8, 4) is 0 Å². The molecule has 0 aromatic carbocycles. The van der Waals surface area contributed by atoms with Crippen LogP contribution in [0.25, 0.3) is 0 Å². The van der Waals surface area contributed by atoms with Crippen LogP contribution < -0.4 is 15.5 Å². The summed E-state index contributed by atoms with van der Waals surface area (Å²) in [5.74, 6) is -5.90. The first-order chi connectivity index (χ1) is 16.4. The quantitative estimate of drug-likeness (QED) is 0.211. The first-order valence-corrected chi connectivity index (χ1v) is 12.7. The van der Waals surface area contributed by atoms with Crippen LogP contribution in [0.1, 0.15) is 98.3 Å². The Morgan fingerprint density at radius 2 is 1.14 bits per heavy atom. The molecule has 2 saturated carbocycles. The van der Waals surface area contributed by atoms with Crippen molar-refractivity contribution in [3.63, 3.8) is 0 Å². The van der Waals surface area contributed by atoms with Gasteiger partial charge < -0.3 is 40.2 Å². The Labute approximate surface area is 230 Å². The van der Waals surface area contributed by atoms with Crippen LogP contribution in [0, 0.1) is 5.92 Å². The van der Waals surface area contributed by atoms with Crippen LogP contribution >= 0.6 is 0 Å². The monoisotopic (exact) mass is 697 g/mol. The second kappa shape index (κ2) is 25.2. The number of rotatable bonds is 11. The molecule has 0 radical (unpaired) electrons. The number of aliphatic carboxylic acids is 4. The SMILES string of the molecule is C1CCC(NC2CCCC2)C1.CC(=O)[O-].CC(=O)[O-].CCN(CC)CCCCC(C(=O)O)C(=O)O.[Pt+2]. The van der Waals surface area contributed by atoms with Crippen LogP contribution in [-0.4, -0.2) is 70.7 Å². The van der Waals surface area contributed by atoms with E-state index in [-0.39, 0.29) is 27.5 Å². The van der Waals surface area contributed by atoms with Gasteiger partial charge in [-0.3, -0.25) is 9.59 Å². The van der Waals surface area contributed by atoms with Gasteiger partial charge in [0.05, 0.1) is 0 Å². The third kappa shape index (κ3) is 25.6. The summed E-state index contributed by atoms with van der Waals surface area (Å²) in [6.45, 7) is 8.93. The molecule has 36 heavy (non-hydrogen) atoms. The van der Waals surface area contributed by atoms with Gasteiger partial charge in [0, 0.05) is 24.0 Å². The van der Waals surface area contributed by atoms with Crippen LogP contribution in [0.15, 0.2) is 0 Å². The Morgan fingerprint density at radius 3 is 1.42 bits per heavy atom. The smallest absolute Gasteiger partial charge is 0.550 e. The Kier molecular flexibility index (Phi) is 27.3. The average molecular weight is 698 g/mol. The van der Waals surface area contributed by atoms with Crippen LogP contribution in [0.3, 0.4) is 0 Å². The van der Waals surface area contributed by atoms with E-state index in [0.717, 1.165) is 52.0 Å². The standard InChI is InChI=1S/C11H21NO4.C10H19N.2C2H4O2.Pt/c1-3-12(4-2)8-6-5-7-9(10(13)14)11(15)16;1-2-6-9(5-1)11-10-7-3-4-8-10;2*1-2(3)4;/h9H,3-8H2,1-2H3,(H,13,14)(H,15,16);9-11H,1-8H2;2*1H3,(H,3,4);/q;;;;+2/p-2. The van der Waals surface area contributed by atoms with Gasteiger partial charge in [-0.15, -0.1) is 0 Å². The second-order valence-corrected chi connectivity index (χ2v) is 8.86. The third-order valence-corrected chi connectivity index (χ3v) is 5.89. The van der Waals surface area contributed by atoms with Crippen molar-refractivity contribution in [2.24, 2.45) is 5.92 Å². The first-order valence-electron chi connectivity index (χ1n) is 12.7. The van der Waals surface area contributed by atoms with E-state index in [9.17, 15) is 9.59 Å². The molecule has 214 valence electrons. The Hall–Kier alpha value is -1.51. The largest absolute Gasteiger partial charge is 2.00 e. The number of nitrogens with one attached hydrogen (secondary N) is 1. The Morgan fingerprint density at radius 1 is 0.806 bits per heavy atom. The van der Waals surface area contributed by atoms with Crippen molar-refractivity contribution >= 4 is 23.9 Å². The molecule has 0 atom stereocenters. The summed E-state index contributed by atoms with van der Waals surface area (Å²) in [5.41, 5.74) is 0. The average Bonchev–Trinajstić information content (AvgIpc) is 3.45.